The molecule has 3 saturated heterocycles. The Balaban J connectivity index is 1.48. The summed E-state index contributed by atoms with van der Waals surface area (Å²) < 4.78 is 25.6. The Hall–Kier alpha value is -1.85. The highest BCUT2D eigenvalue weighted by Gasteiger charge is 2.55. The van der Waals surface area contributed by atoms with Crippen LogP contribution >= 0.6 is 0 Å². The molecule has 10 heteroatoms. The summed E-state index contributed by atoms with van der Waals surface area (Å²) in [5.74, 6) is 0.0221. The van der Waals surface area contributed by atoms with Gasteiger partial charge in [-0.05, 0) is 20.3 Å². The maximum Gasteiger partial charge on any atom is 0.167 e. The van der Waals surface area contributed by atoms with E-state index in [0.717, 1.165) is 13.0 Å². The number of hydrogen-bond donors (Lipinski definition) is 2. The number of anilines is 1. The van der Waals surface area contributed by atoms with Crippen LogP contribution in [0.25, 0.3) is 11.2 Å². The van der Waals surface area contributed by atoms with E-state index in [1.165, 1.54) is 6.33 Å². The van der Waals surface area contributed by atoms with Crippen LogP contribution in [0.2, 0.25) is 0 Å². The summed E-state index contributed by atoms with van der Waals surface area (Å²) >= 11 is 0. The van der Waals surface area contributed by atoms with Gasteiger partial charge in [-0.15, -0.1) is 0 Å². The van der Waals surface area contributed by atoms with Crippen molar-refractivity contribution in [1.82, 2.24) is 19.5 Å². The first-order valence-corrected chi connectivity index (χ1v) is 9.29. The number of nitrogens with two attached hydrogens (primary N) is 1. The zero-order valence-electron chi connectivity index (χ0n) is 15.4. The van der Waals surface area contributed by atoms with Gasteiger partial charge in [-0.3, -0.25) is 4.57 Å². The Labute approximate surface area is 156 Å². The molecule has 3 N–H and O–H groups in total. The molecule has 146 valence electrons. The summed E-state index contributed by atoms with van der Waals surface area (Å²) in [6.07, 6.45) is 3.04. The maximum atomic E-state index is 6.14. The van der Waals surface area contributed by atoms with E-state index >= 15 is 0 Å². The zero-order chi connectivity index (χ0) is 18.6. The fraction of sp³-hybridized carbons (Fsp3) is 0.706. The van der Waals surface area contributed by atoms with E-state index in [2.05, 4.69) is 20.3 Å². The van der Waals surface area contributed by atoms with Crippen molar-refractivity contribution < 1.29 is 18.9 Å². The number of imidazole rings is 1. The summed E-state index contributed by atoms with van der Waals surface area (Å²) in [5, 5.41) is 3.40. The number of nitrogens with one attached hydrogen (secondary N) is 1. The highest BCUT2D eigenvalue weighted by Crippen LogP contribution is 2.43. The molecule has 3 aliphatic rings. The van der Waals surface area contributed by atoms with Crippen LogP contribution in [-0.2, 0) is 18.9 Å². The molecule has 2 aromatic heterocycles. The van der Waals surface area contributed by atoms with Crippen molar-refractivity contribution in [1.29, 1.82) is 0 Å². The van der Waals surface area contributed by atoms with Crippen molar-refractivity contribution in [3.05, 3.63) is 12.7 Å². The van der Waals surface area contributed by atoms with Crippen molar-refractivity contribution in [3.8, 4) is 0 Å². The Kier molecular flexibility index (Phi) is 4.06. The molecule has 0 spiro atoms. The molecule has 27 heavy (non-hydrogen) atoms. The van der Waals surface area contributed by atoms with E-state index in [9.17, 15) is 0 Å². The second kappa shape index (κ2) is 6.35. The Morgan fingerprint density at radius 1 is 1.26 bits per heavy atom. The quantitative estimate of drug-likeness (QED) is 0.781. The predicted molar refractivity (Wildman–Crippen MR) is 95.0 cm³/mol. The van der Waals surface area contributed by atoms with Gasteiger partial charge in [0.2, 0.25) is 0 Å². The smallest absolute Gasteiger partial charge is 0.167 e. The van der Waals surface area contributed by atoms with Crippen LogP contribution < -0.4 is 11.1 Å². The van der Waals surface area contributed by atoms with E-state index < -0.39 is 12.0 Å². The van der Waals surface area contributed by atoms with Gasteiger partial charge in [0.25, 0.3) is 0 Å². The van der Waals surface area contributed by atoms with E-state index in [1.807, 2.05) is 18.4 Å². The fourth-order valence-corrected chi connectivity index (χ4v) is 4.06. The Morgan fingerprint density at radius 3 is 2.89 bits per heavy atom. The van der Waals surface area contributed by atoms with Crippen molar-refractivity contribution >= 4 is 17.0 Å². The number of nitrogens with zero attached hydrogens (tertiary/aromatic N) is 4. The first-order valence-electron chi connectivity index (χ1n) is 9.29. The third kappa shape index (κ3) is 2.88. The number of aromatic nitrogens is 4. The summed E-state index contributed by atoms with van der Waals surface area (Å²) in [4.78, 5) is 13.3. The topological polar surface area (TPSA) is 119 Å². The largest absolute Gasteiger partial charge is 0.379 e. The average molecular weight is 376 g/mol. The lowest BCUT2D eigenvalue weighted by Crippen LogP contribution is -2.34. The molecule has 0 saturated carbocycles. The van der Waals surface area contributed by atoms with Gasteiger partial charge in [-0.2, -0.15) is 0 Å². The molecule has 0 aromatic carbocycles. The summed E-state index contributed by atoms with van der Waals surface area (Å²) in [5.41, 5.74) is 7.26. The van der Waals surface area contributed by atoms with E-state index in [0.29, 0.717) is 30.1 Å². The van der Waals surface area contributed by atoms with Gasteiger partial charge in [0.15, 0.2) is 29.0 Å². The molecular formula is C17H24N6O4. The molecule has 1 unspecified atom stereocenters. The van der Waals surface area contributed by atoms with Gasteiger partial charge in [0.05, 0.1) is 19.0 Å². The van der Waals surface area contributed by atoms with Crippen LogP contribution in [0.15, 0.2) is 12.7 Å². The molecule has 3 aliphatic heterocycles. The fourth-order valence-electron chi connectivity index (χ4n) is 4.06. The van der Waals surface area contributed by atoms with Gasteiger partial charge in [-0.1, -0.05) is 0 Å². The Bertz CT molecular complexity index is 836. The molecule has 2 aromatic rings. The third-order valence-electron chi connectivity index (χ3n) is 5.26. The highest BCUT2D eigenvalue weighted by molar-refractivity contribution is 5.82. The number of rotatable bonds is 4. The van der Waals surface area contributed by atoms with Crippen molar-refractivity contribution in [3.63, 3.8) is 0 Å². The molecule has 0 radical (unpaired) electrons. The van der Waals surface area contributed by atoms with Crippen LogP contribution in [0.3, 0.4) is 0 Å². The molecule has 0 bridgehead atoms. The predicted octanol–water partition coefficient (Wildman–Crippen LogP) is 0.403. The van der Waals surface area contributed by atoms with Crippen LogP contribution in [0.4, 0.5) is 5.82 Å². The van der Waals surface area contributed by atoms with Gasteiger partial charge in [0.1, 0.15) is 24.6 Å². The first-order chi connectivity index (χ1) is 13.1. The first kappa shape index (κ1) is 17.3. The lowest BCUT2D eigenvalue weighted by molar-refractivity contribution is -0.195. The van der Waals surface area contributed by atoms with Crippen LogP contribution in [0.5, 0.6) is 0 Å². The second-order valence-electron chi connectivity index (χ2n) is 7.62. The molecule has 10 nitrogen and oxygen atoms in total. The van der Waals surface area contributed by atoms with Gasteiger partial charge in [0, 0.05) is 13.2 Å². The van der Waals surface area contributed by atoms with E-state index in [1.54, 1.807) is 6.33 Å². The summed E-state index contributed by atoms with van der Waals surface area (Å²) in [6, 6.07) is 0.231. The van der Waals surface area contributed by atoms with Crippen molar-refractivity contribution in [2.75, 3.05) is 25.1 Å². The average Bonchev–Trinajstić information content (AvgIpc) is 3.38. The monoisotopic (exact) mass is 376 g/mol. The SMILES string of the molecule is CC1(C)O[C@@H]2[C@H](O1)[C@@H](CN)O[C@H]2n1cnc2c(NC3CCOC3)ncnc21. The molecule has 0 amide bonds. The number of hydrogen-bond acceptors (Lipinski definition) is 9. The molecule has 5 rings (SSSR count). The van der Waals surface area contributed by atoms with E-state index in [4.69, 9.17) is 24.7 Å². The number of fused-ring (bicyclic) bond motifs is 2. The molecular weight excluding hydrogens is 352 g/mol. The van der Waals surface area contributed by atoms with Crippen molar-refractivity contribution in [2.24, 2.45) is 5.73 Å². The van der Waals surface area contributed by atoms with Crippen LogP contribution in [0.1, 0.15) is 26.5 Å². The maximum absolute atomic E-state index is 6.14. The van der Waals surface area contributed by atoms with Gasteiger partial charge < -0.3 is 30.0 Å². The van der Waals surface area contributed by atoms with E-state index in [-0.39, 0.29) is 24.4 Å². The molecule has 5 heterocycles. The van der Waals surface area contributed by atoms with Crippen LogP contribution in [0, 0.1) is 0 Å². The Morgan fingerprint density at radius 2 is 2.11 bits per heavy atom. The van der Waals surface area contributed by atoms with Crippen molar-refractivity contribution in [2.45, 2.75) is 56.6 Å². The lowest BCUT2D eigenvalue weighted by atomic mass is 10.1. The van der Waals surface area contributed by atoms with Gasteiger partial charge >= 0.3 is 0 Å². The molecule has 5 atom stereocenters. The summed E-state index contributed by atoms with van der Waals surface area (Å²) in [6.45, 7) is 5.58. The molecule has 0 aliphatic carbocycles. The minimum absolute atomic E-state index is 0.220. The lowest BCUT2D eigenvalue weighted by Gasteiger charge is -2.24. The minimum Gasteiger partial charge on any atom is -0.379 e. The summed E-state index contributed by atoms with van der Waals surface area (Å²) in [7, 11) is 0. The zero-order valence-corrected chi connectivity index (χ0v) is 15.4. The van der Waals surface area contributed by atoms with Gasteiger partial charge in [-0.25, -0.2) is 15.0 Å². The van der Waals surface area contributed by atoms with Crippen LogP contribution in [-0.4, -0.2) is 69.4 Å². The third-order valence-corrected chi connectivity index (χ3v) is 5.26. The minimum atomic E-state index is -0.675. The number of ether oxygens (including phenoxy) is 4. The standard InChI is InChI=1S/C17H24N6O4/c1-17(2)26-12-10(5-18)25-16(13(12)27-17)23-8-21-11-14(19-7-20-15(11)23)22-9-3-4-24-6-9/h7-10,12-13,16H,3-6,18H2,1-2H3,(H,19,20,22)/t9?,10-,12-,13-,16-/m1/s1. The second-order valence-corrected chi connectivity index (χ2v) is 7.62. The normalized spacial score (nSPS) is 35.0. The molecule has 3 fully saturated rings. The highest BCUT2D eigenvalue weighted by atomic mass is 16.8.